The molecule has 2 rings (SSSR count). The Labute approximate surface area is 111 Å². The van der Waals surface area contributed by atoms with Crippen LogP contribution in [0.5, 0.6) is 0 Å². The van der Waals surface area contributed by atoms with Crippen molar-refractivity contribution in [3.05, 3.63) is 43.8 Å². The fourth-order valence-electron chi connectivity index (χ4n) is 1.55. The number of halogens is 2. The summed E-state index contributed by atoms with van der Waals surface area (Å²) in [4.78, 5) is 15.8. The smallest absolute Gasteiger partial charge is 0.267 e. The zero-order valence-electron chi connectivity index (χ0n) is 9.31. The molecule has 0 radical (unpaired) electrons. The molecule has 0 aliphatic carbocycles. The quantitative estimate of drug-likeness (QED) is 0.848. The highest BCUT2D eigenvalue weighted by atomic mass is 79.9. The number of rotatable bonds is 2. The monoisotopic (exact) mass is 316 g/mol. The minimum atomic E-state index is -0.144. The Morgan fingerprint density at radius 1 is 1.53 bits per heavy atom. The molecule has 0 atom stereocenters. The van der Waals surface area contributed by atoms with E-state index in [9.17, 15) is 4.79 Å². The molecule has 0 amide bonds. The molecule has 0 aromatic carbocycles. The van der Waals surface area contributed by atoms with Crippen molar-refractivity contribution in [1.82, 2.24) is 19.3 Å². The molecule has 0 bridgehead atoms. The van der Waals surface area contributed by atoms with Crippen LogP contribution in [0.2, 0.25) is 5.02 Å². The molecule has 0 saturated heterocycles. The normalized spacial score (nSPS) is 10.8. The van der Waals surface area contributed by atoms with Gasteiger partial charge in [0.1, 0.15) is 4.47 Å². The SMILES string of the molecule is Cc1nn(C)c(Cn2cncc(Br)c2=O)c1Cl. The van der Waals surface area contributed by atoms with E-state index in [2.05, 4.69) is 26.0 Å². The molecule has 2 aromatic rings. The lowest BCUT2D eigenvalue weighted by atomic mass is 10.3. The number of hydrogen-bond donors (Lipinski definition) is 0. The van der Waals surface area contributed by atoms with Gasteiger partial charge < -0.3 is 0 Å². The molecule has 2 heterocycles. The second-order valence-electron chi connectivity index (χ2n) is 3.64. The van der Waals surface area contributed by atoms with Crippen LogP contribution in [0.4, 0.5) is 0 Å². The molecule has 90 valence electrons. The number of nitrogens with zero attached hydrogens (tertiary/aromatic N) is 4. The van der Waals surface area contributed by atoms with Crippen molar-refractivity contribution >= 4 is 27.5 Å². The van der Waals surface area contributed by atoms with Gasteiger partial charge in [-0.15, -0.1) is 0 Å². The van der Waals surface area contributed by atoms with Gasteiger partial charge in [0.25, 0.3) is 5.56 Å². The van der Waals surface area contributed by atoms with Crippen molar-refractivity contribution in [2.45, 2.75) is 13.5 Å². The van der Waals surface area contributed by atoms with E-state index in [-0.39, 0.29) is 5.56 Å². The van der Waals surface area contributed by atoms with Crippen LogP contribution in [0.25, 0.3) is 0 Å². The van der Waals surface area contributed by atoms with E-state index in [0.29, 0.717) is 16.0 Å². The third kappa shape index (κ3) is 2.28. The van der Waals surface area contributed by atoms with Gasteiger partial charge in [-0.1, -0.05) is 11.6 Å². The average molecular weight is 318 g/mol. The highest BCUT2D eigenvalue weighted by Gasteiger charge is 2.12. The Balaban J connectivity index is 2.45. The summed E-state index contributed by atoms with van der Waals surface area (Å²) in [5, 5.41) is 4.78. The van der Waals surface area contributed by atoms with E-state index in [1.807, 2.05) is 6.92 Å². The summed E-state index contributed by atoms with van der Waals surface area (Å²) < 4.78 is 3.58. The van der Waals surface area contributed by atoms with E-state index in [1.165, 1.54) is 17.1 Å². The molecular formula is C10H10BrClN4O. The third-order valence-electron chi connectivity index (χ3n) is 2.44. The van der Waals surface area contributed by atoms with Crippen molar-refractivity contribution in [3.63, 3.8) is 0 Å². The molecule has 0 fully saturated rings. The number of aryl methyl sites for hydroxylation is 2. The highest BCUT2D eigenvalue weighted by Crippen LogP contribution is 2.19. The third-order valence-corrected chi connectivity index (χ3v) is 3.48. The van der Waals surface area contributed by atoms with Crippen LogP contribution in [0.3, 0.4) is 0 Å². The summed E-state index contributed by atoms with van der Waals surface area (Å²) in [6.45, 7) is 2.18. The molecule has 0 N–H and O–H groups in total. The molecule has 5 nitrogen and oxygen atoms in total. The summed E-state index contributed by atoms with van der Waals surface area (Å²) in [5.41, 5.74) is 1.39. The van der Waals surface area contributed by atoms with E-state index in [4.69, 9.17) is 11.6 Å². The maximum absolute atomic E-state index is 11.8. The van der Waals surface area contributed by atoms with Gasteiger partial charge in [-0.25, -0.2) is 4.98 Å². The first kappa shape index (κ1) is 12.3. The van der Waals surface area contributed by atoms with Crippen molar-refractivity contribution in [3.8, 4) is 0 Å². The van der Waals surface area contributed by atoms with Gasteiger partial charge in [-0.3, -0.25) is 14.0 Å². The lowest BCUT2D eigenvalue weighted by Crippen LogP contribution is -2.22. The molecule has 2 aromatic heterocycles. The first-order valence-electron chi connectivity index (χ1n) is 4.88. The topological polar surface area (TPSA) is 52.7 Å². The Morgan fingerprint density at radius 3 is 2.82 bits per heavy atom. The lowest BCUT2D eigenvalue weighted by Gasteiger charge is -2.06. The molecule has 0 spiro atoms. The van der Waals surface area contributed by atoms with Crippen molar-refractivity contribution in [2.24, 2.45) is 7.05 Å². The first-order chi connectivity index (χ1) is 8.00. The summed E-state index contributed by atoms with van der Waals surface area (Å²) in [6, 6.07) is 0. The van der Waals surface area contributed by atoms with Crippen LogP contribution in [0.15, 0.2) is 21.8 Å². The molecular weight excluding hydrogens is 307 g/mol. The van der Waals surface area contributed by atoms with Crippen LogP contribution in [0.1, 0.15) is 11.4 Å². The Hall–Kier alpha value is -1.14. The van der Waals surface area contributed by atoms with Crippen LogP contribution in [0, 0.1) is 6.92 Å². The van der Waals surface area contributed by atoms with Gasteiger partial charge >= 0.3 is 0 Å². The maximum atomic E-state index is 11.8. The van der Waals surface area contributed by atoms with Gasteiger partial charge in [0.2, 0.25) is 0 Å². The van der Waals surface area contributed by atoms with Crippen molar-refractivity contribution in [1.29, 1.82) is 0 Å². The van der Waals surface area contributed by atoms with E-state index in [1.54, 1.807) is 11.7 Å². The fraction of sp³-hybridized carbons (Fsp3) is 0.300. The summed E-state index contributed by atoms with van der Waals surface area (Å²) in [7, 11) is 1.80. The van der Waals surface area contributed by atoms with Gasteiger partial charge in [0.15, 0.2) is 0 Å². The van der Waals surface area contributed by atoms with Gasteiger partial charge in [0, 0.05) is 13.2 Å². The van der Waals surface area contributed by atoms with Gasteiger partial charge in [0.05, 0.1) is 29.3 Å². The standard InChI is InChI=1S/C10H10BrClN4O/c1-6-9(12)8(15(2)14-6)4-16-5-13-3-7(11)10(16)17/h3,5H,4H2,1-2H3. The molecule has 0 unspecified atom stereocenters. The molecule has 17 heavy (non-hydrogen) atoms. The van der Waals surface area contributed by atoms with Gasteiger partial charge in [-0.05, 0) is 22.9 Å². The van der Waals surface area contributed by atoms with Crippen molar-refractivity contribution in [2.75, 3.05) is 0 Å². The summed E-state index contributed by atoms with van der Waals surface area (Å²) in [6.07, 6.45) is 2.95. The number of aromatic nitrogens is 4. The Kier molecular flexibility index (Phi) is 3.35. The second-order valence-corrected chi connectivity index (χ2v) is 4.88. The van der Waals surface area contributed by atoms with Gasteiger partial charge in [-0.2, -0.15) is 5.10 Å². The molecule has 7 heteroatoms. The second kappa shape index (κ2) is 4.62. The number of hydrogen-bond acceptors (Lipinski definition) is 3. The highest BCUT2D eigenvalue weighted by molar-refractivity contribution is 9.10. The fourth-order valence-corrected chi connectivity index (χ4v) is 2.12. The summed E-state index contributed by atoms with van der Waals surface area (Å²) in [5.74, 6) is 0. The van der Waals surface area contributed by atoms with Crippen molar-refractivity contribution < 1.29 is 0 Å². The van der Waals surface area contributed by atoms with Crippen LogP contribution in [-0.4, -0.2) is 19.3 Å². The molecule has 0 saturated carbocycles. The Bertz CT molecular complexity index is 619. The van der Waals surface area contributed by atoms with Crippen LogP contribution >= 0.6 is 27.5 Å². The maximum Gasteiger partial charge on any atom is 0.267 e. The minimum absolute atomic E-state index is 0.144. The minimum Gasteiger partial charge on any atom is -0.292 e. The Morgan fingerprint density at radius 2 is 2.24 bits per heavy atom. The van der Waals surface area contributed by atoms with E-state index in [0.717, 1.165) is 11.4 Å². The predicted octanol–water partition coefficient (Wildman–Crippen LogP) is 1.75. The lowest BCUT2D eigenvalue weighted by molar-refractivity contribution is 0.642. The zero-order chi connectivity index (χ0) is 12.6. The largest absolute Gasteiger partial charge is 0.292 e. The van der Waals surface area contributed by atoms with Crippen LogP contribution in [-0.2, 0) is 13.6 Å². The van der Waals surface area contributed by atoms with E-state index >= 15 is 0 Å². The van der Waals surface area contributed by atoms with Crippen LogP contribution < -0.4 is 5.56 Å². The zero-order valence-corrected chi connectivity index (χ0v) is 11.7. The summed E-state index contributed by atoms with van der Waals surface area (Å²) >= 11 is 9.28. The van der Waals surface area contributed by atoms with E-state index < -0.39 is 0 Å². The average Bonchev–Trinajstić information content (AvgIpc) is 2.51. The first-order valence-corrected chi connectivity index (χ1v) is 6.05. The predicted molar refractivity (Wildman–Crippen MR) is 68.3 cm³/mol. The molecule has 0 aliphatic rings. The molecule has 0 aliphatic heterocycles.